The first-order valence-corrected chi connectivity index (χ1v) is 4.45. The zero-order valence-corrected chi connectivity index (χ0v) is 7.74. The van der Waals surface area contributed by atoms with Gasteiger partial charge in [-0.2, -0.15) is 0 Å². The molecule has 1 saturated carbocycles. The van der Waals surface area contributed by atoms with Gasteiger partial charge in [-0.1, -0.05) is 0 Å². The van der Waals surface area contributed by atoms with Gasteiger partial charge < -0.3 is 9.52 Å². The van der Waals surface area contributed by atoms with Crippen LogP contribution >= 0.6 is 15.9 Å². The summed E-state index contributed by atoms with van der Waals surface area (Å²) in [4.78, 5) is 10.5. The molecule has 12 heavy (non-hydrogen) atoms. The quantitative estimate of drug-likeness (QED) is 0.848. The van der Waals surface area contributed by atoms with E-state index in [2.05, 4.69) is 15.9 Å². The molecular formula is C8H7BrO3. The highest BCUT2D eigenvalue weighted by atomic mass is 79.9. The summed E-state index contributed by atoms with van der Waals surface area (Å²) in [5.41, 5.74) is 0. The lowest BCUT2D eigenvalue weighted by Crippen LogP contribution is -1.98. The van der Waals surface area contributed by atoms with Gasteiger partial charge in [-0.15, -0.1) is 0 Å². The maximum atomic E-state index is 10.5. The fourth-order valence-electron chi connectivity index (χ4n) is 1.33. The molecule has 1 aromatic heterocycles. The molecule has 1 fully saturated rings. The number of furan rings is 1. The Hall–Kier alpha value is -0.770. The topological polar surface area (TPSA) is 50.4 Å². The van der Waals surface area contributed by atoms with Gasteiger partial charge >= 0.3 is 5.97 Å². The predicted molar refractivity (Wildman–Crippen MR) is 44.9 cm³/mol. The SMILES string of the molecule is O=C(O)C1CC1c1occc1Br. The molecule has 2 rings (SSSR count). The third kappa shape index (κ3) is 1.16. The lowest BCUT2D eigenvalue weighted by molar-refractivity contribution is -0.138. The van der Waals surface area contributed by atoms with Gasteiger partial charge in [-0.05, 0) is 28.4 Å². The van der Waals surface area contributed by atoms with Gasteiger partial charge in [0.2, 0.25) is 0 Å². The largest absolute Gasteiger partial charge is 0.481 e. The summed E-state index contributed by atoms with van der Waals surface area (Å²) in [6.07, 6.45) is 2.26. The number of aliphatic carboxylic acids is 1. The fraction of sp³-hybridized carbons (Fsp3) is 0.375. The van der Waals surface area contributed by atoms with E-state index in [1.54, 1.807) is 12.3 Å². The van der Waals surface area contributed by atoms with E-state index in [9.17, 15) is 4.79 Å². The standard InChI is InChI=1S/C8H7BrO3/c9-6-1-2-12-7(6)4-3-5(4)8(10)11/h1-2,4-5H,3H2,(H,10,11). The molecule has 1 heterocycles. The number of hydrogen-bond donors (Lipinski definition) is 1. The van der Waals surface area contributed by atoms with Crippen molar-refractivity contribution in [1.82, 2.24) is 0 Å². The molecule has 0 saturated heterocycles. The lowest BCUT2D eigenvalue weighted by Gasteiger charge is -1.92. The normalized spacial score (nSPS) is 27.1. The first kappa shape index (κ1) is 7.86. The Kier molecular flexibility index (Phi) is 1.72. The van der Waals surface area contributed by atoms with E-state index in [1.165, 1.54) is 0 Å². The van der Waals surface area contributed by atoms with Crippen LogP contribution in [0.15, 0.2) is 21.2 Å². The molecule has 64 valence electrons. The van der Waals surface area contributed by atoms with Crippen LogP contribution < -0.4 is 0 Å². The molecular weight excluding hydrogens is 224 g/mol. The molecule has 0 amide bonds. The third-order valence-corrected chi connectivity index (χ3v) is 2.74. The minimum atomic E-state index is -0.733. The molecule has 1 N–H and O–H groups in total. The van der Waals surface area contributed by atoms with Crippen molar-refractivity contribution in [3.8, 4) is 0 Å². The van der Waals surface area contributed by atoms with Crippen LogP contribution in [0.25, 0.3) is 0 Å². The number of carboxylic acid groups (broad SMARTS) is 1. The van der Waals surface area contributed by atoms with E-state index in [0.29, 0.717) is 6.42 Å². The first-order valence-electron chi connectivity index (χ1n) is 3.66. The van der Waals surface area contributed by atoms with E-state index in [-0.39, 0.29) is 11.8 Å². The van der Waals surface area contributed by atoms with Crippen molar-refractivity contribution in [3.05, 3.63) is 22.6 Å². The van der Waals surface area contributed by atoms with Crippen molar-refractivity contribution in [2.75, 3.05) is 0 Å². The van der Waals surface area contributed by atoms with E-state index in [4.69, 9.17) is 9.52 Å². The van der Waals surface area contributed by atoms with Crippen molar-refractivity contribution < 1.29 is 14.3 Å². The van der Waals surface area contributed by atoms with Gasteiger partial charge in [0.05, 0.1) is 16.7 Å². The van der Waals surface area contributed by atoms with Crippen LogP contribution in [0.4, 0.5) is 0 Å². The van der Waals surface area contributed by atoms with Crippen LogP contribution in [-0.4, -0.2) is 11.1 Å². The van der Waals surface area contributed by atoms with Gasteiger partial charge in [-0.3, -0.25) is 4.79 Å². The van der Waals surface area contributed by atoms with Crippen LogP contribution in [0.2, 0.25) is 0 Å². The zero-order valence-electron chi connectivity index (χ0n) is 6.16. The summed E-state index contributed by atoms with van der Waals surface area (Å²) in [5.74, 6) is -0.134. The minimum Gasteiger partial charge on any atom is -0.481 e. The fourth-order valence-corrected chi connectivity index (χ4v) is 1.82. The van der Waals surface area contributed by atoms with E-state index < -0.39 is 5.97 Å². The van der Waals surface area contributed by atoms with E-state index in [0.717, 1.165) is 10.2 Å². The van der Waals surface area contributed by atoms with Crippen molar-refractivity contribution in [2.45, 2.75) is 12.3 Å². The highest BCUT2D eigenvalue weighted by molar-refractivity contribution is 9.10. The molecule has 0 aromatic carbocycles. The first-order chi connectivity index (χ1) is 5.70. The molecule has 0 spiro atoms. The minimum absolute atomic E-state index is 0.0758. The Bertz CT molecular complexity index is 318. The van der Waals surface area contributed by atoms with Gasteiger partial charge in [0.1, 0.15) is 5.76 Å². The summed E-state index contributed by atoms with van der Waals surface area (Å²) in [6.45, 7) is 0. The molecule has 3 nitrogen and oxygen atoms in total. The Morgan fingerprint density at radius 2 is 2.50 bits per heavy atom. The van der Waals surface area contributed by atoms with Crippen LogP contribution in [0.1, 0.15) is 18.1 Å². The second-order valence-corrected chi connectivity index (χ2v) is 3.77. The van der Waals surface area contributed by atoms with Crippen molar-refractivity contribution >= 4 is 21.9 Å². The Morgan fingerprint density at radius 1 is 1.75 bits per heavy atom. The number of halogens is 1. The lowest BCUT2D eigenvalue weighted by atomic mass is 10.2. The summed E-state index contributed by atoms with van der Waals surface area (Å²) < 4.78 is 6.03. The molecule has 0 radical (unpaired) electrons. The van der Waals surface area contributed by atoms with Crippen LogP contribution in [-0.2, 0) is 4.79 Å². The maximum Gasteiger partial charge on any atom is 0.307 e. The zero-order chi connectivity index (χ0) is 8.72. The van der Waals surface area contributed by atoms with Gasteiger partial charge in [-0.25, -0.2) is 0 Å². The Balaban J connectivity index is 2.15. The number of rotatable bonds is 2. The van der Waals surface area contributed by atoms with Crippen LogP contribution in [0.5, 0.6) is 0 Å². The van der Waals surface area contributed by atoms with Crippen LogP contribution in [0.3, 0.4) is 0 Å². The maximum absolute atomic E-state index is 10.5. The summed E-state index contributed by atoms with van der Waals surface area (Å²) in [7, 11) is 0. The average molecular weight is 231 g/mol. The second kappa shape index (κ2) is 2.62. The molecule has 1 aromatic rings. The molecule has 1 aliphatic carbocycles. The number of carboxylic acids is 1. The molecule has 2 atom stereocenters. The summed E-state index contributed by atoms with van der Waals surface area (Å²) >= 11 is 3.30. The van der Waals surface area contributed by atoms with Crippen LogP contribution in [0, 0.1) is 5.92 Å². The second-order valence-electron chi connectivity index (χ2n) is 2.92. The van der Waals surface area contributed by atoms with Gasteiger partial charge in [0.15, 0.2) is 0 Å². The van der Waals surface area contributed by atoms with Crippen molar-refractivity contribution in [2.24, 2.45) is 5.92 Å². The van der Waals surface area contributed by atoms with Gasteiger partial charge in [0.25, 0.3) is 0 Å². The molecule has 1 aliphatic rings. The highest BCUT2D eigenvalue weighted by Crippen LogP contribution is 2.49. The molecule has 4 heteroatoms. The highest BCUT2D eigenvalue weighted by Gasteiger charge is 2.47. The third-order valence-electron chi connectivity index (χ3n) is 2.09. The smallest absolute Gasteiger partial charge is 0.307 e. The number of carbonyl (C=O) groups is 1. The van der Waals surface area contributed by atoms with Gasteiger partial charge in [0, 0.05) is 5.92 Å². The van der Waals surface area contributed by atoms with Crippen molar-refractivity contribution in [3.63, 3.8) is 0 Å². The Labute approximate surface area is 77.5 Å². The number of hydrogen-bond acceptors (Lipinski definition) is 2. The van der Waals surface area contributed by atoms with E-state index >= 15 is 0 Å². The van der Waals surface area contributed by atoms with Crippen molar-refractivity contribution in [1.29, 1.82) is 0 Å². The Morgan fingerprint density at radius 3 is 2.92 bits per heavy atom. The molecule has 0 bridgehead atoms. The van der Waals surface area contributed by atoms with E-state index in [1.807, 2.05) is 0 Å². The summed E-state index contributed by atoms with van der Waals surface area (Å²) in [5, 5.41) is 8.66. The molecule has 2 unspecified atom stereocenters. The summed E-state index contributed by atoms with van der Waals surface area (Å²) in [6, 6.07) is 1.78. The predicted octanol–water partition coefficient (Wildman–Crippen LogP) is 2.23. The molecule has 0 aliphatic heterocycles. The monoisotopic (exact) mass is 230 g/mol. The average Bonchev–Trinajstić information content (AvgIpc) is 2.70.